The zero-order valence-corrected chi connectivity index (χ0v) is 47.2. The molecule has 3 atom stereocenters. The third kappa shape index (κ3) is 54.1. The molecule has 0 saturated carbocycles. The number of phosphoric ester groups is 1. The average molecular weight is 992 g/mol. The van der Waals surface area contributed by atoms with Gasteiger partial charge < -0.3 is 28.8 Å². The van der Waals surface area contributed by atoms with Crippen LogP contribution in [0, 0.1) is 0 Å². The summed E-state index contributed by atoms with van der Waals surface area (Å²) in [5, 5.41) is 13.8. The zero-order chi connectivity index (χ0) is 50.6. The highest BCUT2D eigenvalue weighted by molar-refractivity contribution is 7.45. The maximum Gasteiger partial charge on any atom is 0.268 e. The monoisotopic (exact) mass is 991 g/mol. The Labute approximate surface area is 429 Å². The number of unbranched alkanes of at least 4 members (excludes halogenated alkanes) is 33. The van der Waals surface area contributed by atoms with Crippen LogP contribution >= 0.6 is 7.82 Å². The van der Waals surface area contributed by atoms with Crippen LogP contribution in [0.15, 0.2) is 48.6 Å². The van der Waals surface area contributed by atoms with Crippen LogP contribution in [0.25, 0.3) is 0 Å². The summed E-state index contributed by atoms with van der Waals surface area (Å²) in [6.07, 6.45) is 68.0. The number of quaternary nitrogens is 1. The van der Waals surface area contributed by atoms with Gasteiger partial charge >= 0.3 is 0 Å². The van der Waals surface area contributed by atoms with Crippen molar-refractivity contribution in [2.45, 2.75) is 289 Å². The fourth-order valence-electron chi connectivity index (χ4n) is 8.74. The number of carbonyl (C=O) groups is 1. The number of nitrogens with one attached hydrogen (secondary N) is 1. The molecule has 0 bridgehead atoms. The van der Waals surface area contributed by atoms with Crippen molar-refractivity contribution < 1.29 is 32.9 Å². The van der Waals surface area contributed by atoms with Crippen molar-refractivity contribution in [3.05, 3.63) is 48.6 Å². The summed E-state index contributed by atoms with van der Waals surface area (Å²) >= 11 is 0. The Hall–Kier alpha value is -1.54. The van der Waals surface area contributed by atoms with E-state index in [-0.39, 0.29) is 19.1 Å². The lowest BCUT2D eigenvalue weighted by Gasteiger charge is -2.30. The minimum absolute atomic E-state index is 0.0132. The Bertz CT molecular complexity index is 1260. The molecule has 3 unspecified atom stereocenters. The minimum Gasteiger partial charge on any atom is -0.756 e. The molecule has 1 amide bonds. The summed E-state index contributed by atoms with van der Waals surface area (Å²) in [7, 11) is 1.31. The van der Waals surface area contributed by atoms with Gasteiger partial charge in [-0.25, -0.2) is 0 Å². The highest BCUT2D eigenvalue weighted by Crippen LogP contribution is 2.38. The Balaban J connectivity index is 3.66. The lowest BCUT2D eigenvalue weighted by atomic mass is 10.0. The Morgan fingerprint density at radius 2 is 0.884 bits per heavy atom. The molecule has 0 aliphatic heterocycles. The smallest absolute Gasteiger partial charge is 0.268 e. The van der Waals surface area contributed by atoms with E-state index in [1.54, 1.807) is 0 Å². The highest BCUT2D eigenvalue weighted by atomic mass is 31.2. The van der Waals surface area contributed by atoms with Gasteiger partial charge in [0.2, 0.25) is 5.91 Å². The Kier molecular flexibility index (Phi) is 50.2. The summed E-state index contributed by atoms with van der Waals surface area (Å²) in [6, 6.07) is -0.794. The maximum atomic E-state index is 12.8. The molecule has 0 saturated heterocycles. The third-order valence-electron chi connectivity index (χ3n) is 13.3. The molecular weight excluding hydrogens is 876 g/mol. The summed E-state index contributed by atoms with van der Waals surface area (Å²) in [5.41, 5.74) is 0. The van der Waals surface area contributed by atoms with E-state index < -0.39 is 20.0 Å². The topological polar surface area (TPSA) is 108 Å². The van der Waals surface area contributed by atoms with Crippen LogP contribution in [0.1, 0.15) is 277 Å². The lowest BCUT2D eigenvalue weighted by molar-refractivity contribution is -0.870. The molecule has 69 heavy (non-hydrogen) atoms. The molecule has 0 spiro atoms. The van der Waals surface area contributed by atoms with Gasteiger partial charge in [-0.15, -0.1) is 0 Å². The number of likely N-dealkylation sites (N-methyl/N-ethyl adjacent to an activating group) is 1. The Morgan fingerprint density at radius 1 is 0.522 bits per heavy atom. The summed E-state index contributed by atoms with van der Waals surface area (Å²) in [6.45, 7) is 4.55. The van der Waals surface area contributed by atoms with Crippen molar-refractivity contribution in [2.75, 3.05) is 40.9 Å². The van der Waals surface area contributed by atoms with Gasteiger partial charge in [0, 0.05) is 6.42 Å². The van der Waals surface area contributed by atoms with Gasteiger partial charge in [0.05, 0.1) is 39.9 Å². The molecule has 0 heterocycles. The first-order valence-corrected chi connectivity index (χ1v) is 30.9. The van der Waals surface area contributed by atoms with Crippen molar-refractivity contribution in [3.8, 4) is 0 Å². The fraction of sp³-hybridized carbons (Fsp3) is 0.850. The van der Waals surface area contributed by atoms with E-state index >= 15 is 0 Å². The first kappa shape index (κ1) is 67.5. The van der Waals surface area contributed by atoms with Crippen molar-refractivity contribution in [2.24, 2.45) is 0 Å². The molecule has 0 aromatic rings. The Morgan fingerprint density at radius 3 is 1.29 bits per heavy atom. The molecule has 0 aliphatic rings. The van der Waals surface area contributed by atoms with Crippen LogP contribution in [-0.2, 0) is 18.4 Å². The van der Waals surface area contributed by atoms with Gasteiger partial charge in [-0.2, -0.15) is 0 Å². The second-order valence-electron chi connectivity index (χ2n) is 21.3. The van der Waals surface area contributed by atoms with Gasteiger partial charge in [0.15, 0.2) is 0 Å². The van der Waals surface area contributed by atoms with Crippen LogP contribution in [0.4, 0.5) is 0 Å². The molecule has 0 aliphatic carbocycles. The lowest BCUT2D eigenvalue weighted by Crippen LogP contribution is -2.46. The second-order valence-corrected chi connectivity index (χ2v) is 22.7. The zero-order valence-electron chi connectivity index (χ0n) is 46.3. The highest BCUT2D eigenvalue weighted by Gasteiger charge is 2.24. The van der Waals surface area contributed by atoms with Crippen molar-refractivity contribution in [1.29, 1.82) is 0 Å². The SMILES string of the molecule is CC/C=C\C/C=C\C/C=C\C/C=C\CCCCCCCCCCCCCCCCCCCCCCCCCCCCCCC(=O)NC(COP(=O)([O-])OCC[N+](C)(C)C)C(O)CCCCCCCC. The number of rotatable bonds is 54. The molecule has 0 aromatic heterocycles. The maximum absolute atomic E-state index is 12.8. The van der Waals surface area contributed by atoms with Crippen molar-refractivity contribution in [3.63, 3.8) is 0 Å². The average Bonchev–Trinajstić information content (AvgIpc) is 3.31. The number of carbonyl (C=O) groups excluding carboxylic acids is 1. The molecule has 0 radical (unpaired) electrons. The predicted octanol–water partition coefficient (Wildman–Crippen LogP) is 17.3. The molecule has 0 fully saturated rings. The van der Waals surface area contributed by atoms with Crippen LogP contribution in [0.2, 0.25) is 0 Å². The number of phosphoric acid groups is 1. The minimum atomic E-state index is -4.55. The van der Waals surface area contributed by atoms with Gasteiger partial charge in [-0.3, -0.25) is 9.36 Å². The number of allylic oxidation sites excluding steroid dienone is 8. The van der Waals surface area contributed by atoms with E-state index in [9.17, 15) is 19.4 Å². The number of amides is 1. The van der Waals surface area contributed by atoms with Gasteiger partial charge in [-0.1, -0.05) is 268 Å². The van der Waals surface area contributed by atoms with Crippen molar-refractivity contribution in [1.82, 2.24) is 5.32 Å². The first-order chi connectivity index (χ1) is 33.5. The van der Waals surface area contributed by atoms with Gasteiger partial charge in [0.25, 0.3) is 7.82 Å². The van der Waals surface area contributed by atoms with E-state index in [0.717, 1.165) is 64.2 Å². The van der Waals surface area contributed by atoms with Crippen molar-refractivity contribution >= 4 is 13.7 Å². The van der Waals surface area contributed by atoms with Crippen LogP contribution < -0.4 is 10.2 Å². The summed E-state index contributed by atoms with van der Waals surface area (Å²) in [5.74, 6) is -0.166. The molecular formula is C60H115N2O6P. The molecule has 0 rings (SSSR count). The van der Waals surface area contributed by atoms with Crippen LogP contribution in [0.3, 0.4) is 0 Å². The number of aliphatic hydroxyl groups excluding tert-OH is 1. The molecule has 8 nitrogen and oxygen atoms in total. The normalized spacial score (nSPS) is 14.2. The first-order valence-electron chi connectivity index (χ1n) is 29.5. The standard InChI is InChI=1S/C60H115N2O6P/c1-6-8-10-12-14-15-16-17-18-19-20-21-22-23-24-25-26-27-28-29-30-31-32-33-34-35-36-37-38-39-40-41-42-43-44-45-46-47-48-50-52-54-60(64)61-58(59(63)53-51-49-13-11-9-7-2)57-68-69(65,66)67-56-55-62(3,4)5/h8,10,14-15,17-18,20-21,58-59,63H,6-7,9,11-13,16,19,22-57H2,1-5H3,(H-,61,64,65,66)/b10-8-,15-14-,18-17-,21-20-. The van der Waals surface area contributed by atoms with Crippen LogP contribution in [-0.4, -0.2) is 68.5 Å². The third-order valence-corrected chi connectivity index (χ3v) is 14.3. The summed E-state index contributed by atoms with van der Waals surface area (Å²) in [4.78, 5) is 25.3. The largest absolute Gasteiger partial charge is 0.756 e. The number of nitrogens with zero attached hydrogens (tertiary/aromatic N) is 1. The summed E-state index contributed by atoms with van der Waals surface area (Å²) < 4.78 is 23.2. The van der Waals surface area contributed by atoms with E-state index in [2.05, 4.69) is 67.8 Å². The molecule has 2 N–H and O–H groups in total. The number of hydrogen-bond donors (Lipinski definition) is 2. The number of aliphatic hydroxyl groups is 1. The molecule has 406 valence electrons. The van der Waals surface area contributed by atoms with E-state index in [1.807, 2.05) is 21.1 Å². The van der Waals surface area contributed by atoms with E-state index in [1.165, 1.54) is 186 Å². The van der Waals surface area contributed by atoms with E-state index in [0.29, 0.717) is 23.9 Å². The van der Waals surface area contributed by atoms with Gasteiger partial charge in [-0.05, 0) is 51.4 Å². The molecule has 9 heteroatoms. The van der Waals surface area contributed by atoms with Gasteiger partial charge in [0.1, 0.15) is 13.2 Å². The van der Waals surface area contributed by atoms with E-state index in [4.69, 9.17) is 9.05 Å². The number of hydrogen-bond acceptors (Lipinski definition) is 6. The predicted molar refractivity (Wildman–Crippen MR) is 298 cm³/mol. The fourth-order valence-corrected chi connectivity index (χ4v) is 9.46. The second kappa shape index (κ2) is 51.4. The quantitative estimate of drug-likeness (QED) is 0.0272. The van der Waals surface area contributed by atoms with Crippen LogP contribution in [0.5, 0.6) is 0 Å². The molecule has 0 aromatic carbocycles.